The Kier molecular flexibility index (Phi) is 7.91. The molecule has 7 nitrogen and oxygen atoms in total. The molecule has 0 aliphatic carbocycles. The minimum Gasteiger partial charge on any atom is -0.489 e. The lowest BCUT2D eigenvalue weighted by Crippen LogP contribution is -2.60. The monoisotopic (exact) mass is 597 g/mol. The van der Waals surface area contributed by atoms with Crippen LogP contribution in [0.3, 0.4) is 0 Å². The van der Waals surface area contributed by atoms with Crippen molar-refractivity contribution < 1.29 is 18.3 Å². The molecule has 0 N–H and O–H groups in total. The maximum Gasteiger partial charge on any atom is 0.246 e. The number of carbonyl (C=O) groups excluding carboxylic acids is 1. The first-order chi connectivity index (χ1) is 20.2. The molecule has 2 saturated heterocycles. The molecule has 2 fully saturated rings. The summed E-state index contributed by atoms with van der Waals surface area (Å²) in [6.07, 6.45) is 4.63. The summed E-state index contributed by atoms with van der Waals surface area (Å²) in [6, 6.07) is 5.46. The van der Waals surface area contributed by atoms with Gasteiger partial charge in [0.1, 0.15) is 30.7 Å². The quantitative estimate of drug-likeness (QED) is 0.441. The Hall–Kier alpha value is -3.17. The minimum atomic E-state index is -0.688. The number of halogens is 3. The second-order valence-electron chi connectivity index (χ2n) is 12.2. The summed E-state index contributed by atoms with van der Waals surface area (Å²) >= 11 is 6.92. The van der Waals surface area contributed by atoms with E-state index < -0.39 is 11.6 Å². The van der Waals surface area contributed by atoms with Crippen molar-refractivity contribution in [1.82, 2.24) is 14.7 Å². The van der Waals surface area contributed by atoms with E-state index in [1.54, 1.807) is 0 Å². The van der Waals surface area contributed by atoms with E-state index in [2.05, 4.69) is 35.3 Å². The van der Waals surface area contributed by atoms with Crippen molar-refractivity contribution in [3.05, 3.63) is 59.1 Å². The first-order valence-electron chi connectivity index (χ1n) is 14.8. The van der Waals surface area contributed by atoms with Crippen LogP contribution in [0, 0.1) is 17.6 Å². The van der Waals surface area contributed by atoms with Crippen LogP contribution in [0.4, 0.5) is 14.5 Å². The first kappa shape index (κ1) is 28.9. The fourth-order valence-electron chi connectivity index (χ4n) is 6.99. The van der Waals surface area contributed by atoms with Gasteiger partial charge in [-0.15, -0.1) is 0 Å². The standard InChI is InChI=1S/C32H38ClF2N5O2/c1-5-28(41)38-15-20(3)39(16-19(38)2)32-25-14-26(33)29(24-7-6-22(34)13-27(24)35)31-30(25)40(18-36-32)23(17-42-31)12-21-8-10-37(4)11-9-21/h5-7,13-14,19-21,23H,1,8-12,15-18H2,2-4H3/t19-,20+,23-/m1/s1. The van der Waals surface area contributed by atoms with E-state index in [9.17, 15) is 9.18 Å². The number of hydrogen-bond acceptors (Lipinski definition) is 6. The van der Waals surface area contributed by atoms with Gasteiger partial charge in [-0.1, -0.05) is 18.2 Å². The third kappa shape index (κ3) is 5.15. The number of ether oxygens (including phenoxy) is 1. The Labute approximate surface area is 251 Å². The Morgan fingerprint density at radius 1 is 1.12 bits per heavy atom. The van der Waals surface area contributed by atoms with Crippen molar-refractivity contribution in [1.29, 1.82) is 0 Å². The summed E-state index contributed by atoms with van der Waals surface area (Å²) in [7, 11) is 2.16. The van der Waals surface area contributed by atoms with Crippen LogP contribution in [0.2, 0.25) is 5.02 Å². The molecule has 0 aromatic heterocycles. The molecule has 4 aliphatic rings. The van der Waals surface area contributed by atoms with Crippen LogP contribution >= 0.6 is 11.6 Å². The van der Waals surface area contributed by atoms with Crippen LogP contribution in [0.25, 0.3) is 11.1 Å². The van der Waals surface area contributed by atoms with Gasteiger partial charge < -0.3 is 24.3 Å². The SMILES string of the molecule is C=CC(=O)N1C[C@H](C)N(C2=NCN3c4c2cc(Cl)c(-c2ccc(F)cc2F)c4OC[C@H]3CC2CCN(C)CC2)C[C@H]1C. The highest BCUT2D eigenvalue weighted by atomic mass is 35.5. The lowest BCUT2D eigenvalue weighted by molar-refractivity contribution is -0.130. The predicted octanol–water partition coefficient (Wildman–Crippen LogP) is 5.41. The Morgan fingerprint density at radius 2 is 1.88 bits per heavy atom. The van der Waals surface area contributed by atoms with Gasteiger partial charge in [0.25, 0.3) is 0 Å². The molecule has 0 unspecified atom stereocenters. The van der Waals surface area contributed by atoms with E-state index in [0.29, 0.717) is 48.6 Å². The zero-order valence-electron chi connectivity index (χ0n) is 24.5. The number of piperazine rings is 1. The summed E-state index contributed by atoms with van der Waals surface area (Å²) in [5, 5.41) is 0.318. The summed E-state index contributed by atoms with van der Waals surface area (Å²) in [5.74, 6) is 0.475. The van der Waals surface area contributed by atoms with E-state index in [0.717, 1.165) is 55.5 Å². The van der Waals surface area contributed by atoms with E-state index in [4.69, 9.17) is 21.3 Å². The van der Waals surface area contributed by atoms with Gasteiger partial charge in [-0.3, -0.25) is 4.79 Å². The number of aliphatic imine (C=N–C) groups is 1. The molecule has 2 aromatic carbocycles. The third-order valence-electron chi connectivity index (χ3n) is 9.33. The molecule has 4 heterocycles. The van der Waals surface area contributed by atoms with Gasteiger partial charge in [-0.2, -0.15) is 0 Å². The second-order valence-corrected chi connectivity index (χ2v) is 12.6. The van der Waals surface area contributed by atoms with Crippen molar-refractivity contribution >= 4 is 29.0 Å². The van der Waals surface area contributed by atoms with E-state index in [1.165, 1.54) is 18.2 Å². The number of nitrogens with zero attached hydrogens (tertiary/aromatic N) is 5. The zero-order chi connectivity index (χ0) is 29.7. The minimum absolute atomic E-state index is 0.00132. The highest BCUT2D eigenvalue weighted by Gasteiger charge is 2.41. The summed E-state index contributed by atoms with van der Waals surface area (Å²) in [6.45, 7) is 12.0. The van der Waals surface area contributed by atoms with Gasteiger partial charge in [0.05, 0.1) is 16.8 Å². The molecule has 2 aromatic rings. The highest BCUT2D eigenvalue weighted by Crippen LogP contribution is 2.51. The van der Waals surface area contributed by atoms with E-state index in [1.807, 2.05) is 17.9 Å². The van der Waals surface area contributed by atoms with Gasteiger partial charge in [0.15, 0.2) is 5.75 Å². The number of benzene rings is 2. The fourth-order valence-corrected chi connectivity index (χ4v) is 7.29. The van der Waals surface area contributed by atoms with Gasteiger partial charge in [0.2, 0.25) is 5.91 Å². The Morgan fingerprint density at radius 3 is 2.60 bits per heavy atom. The lowest BCUT2D eigenvalue weighted by Gasteiger charge is -2.48. The number of anilines is 1. The number of carbonyl (C=O) groups is 1. The number of hydrogen-bond donors (Lipinski definition) is 0. The number of rotatable bonds is 4. The molecule has 224 valence electrons. The average Bonchev–Trinajstić information content (AvgIpc) is 2.97. The highest BCUT2D eigenvalue weighted by molar-refractivity contribution is 6.35. The smallest absolute Gasteiger partial charge is 0.246 e. The van der Waals surface area contributed by atoms with Crippen molar-refractivity contribution in [2.75, 3.05) is 51.4 Å². The summed E-state index contributed by atoms with van der Waals surface area (Å²) < 4.78 is 35.5. The van der Waals surface area contributed by atoms with Crippen LogP contribution in [0.15, 0.2) is 41.9 Å². The molecule has 42 heavy (non-hydrogen) atoms. The normalized spacial score (nSPS) is 24.7. The van der Waals surface area contributed by atoms with Crippen LogP contribution in [0.5, 0.6) is 5.75 Å². The molecule has 0 radical (unpaired) electrons. The van der Waals surface area contributed by atoms with Crippen LogP contribution < -0.4 is 9.64 Å². The number of piperidine rings is 1. The largest absolute Gasteiger partial charge is 0.489 e. The molecule has 3 atom stereocenters. The topological polar surface area (TPSA) is 51.6 Å². The predicted molar refractivity (Wildman–Crippen MR) is 162 cm³/mol. The average molecular weight is 598 g/mol. The Balaban J connectivity index is 1.41. The van der Waals surface area contributed by atoms with E-state index in [-0.39, 0.29) is 29.6 Å². The van der Waals surface area contributed by atoms with Gasteiger partial charge in [-0.25, -0.2) is 13.8 Å². The molecule has 1 amide bonds. The number of likely N-dealkylation sites (tertiary alicyclic amines) is 1. The van der Waals surface area contributed by atoms with Crippen molar-refractivity contribution in [2.45, 2.75) is 51.2 Å². The Bertz CT molecular complexity index is 1430. The van der Waals surface area contributed by atoms with Crippen molar-refractivity contribution in [3.63, 3.8) is 0 Å². The molecule has 0 saturated carbocycles. The molecule has 6 rings (SSSR count). The van der Waals surface area contributed by atoms with Crippen molar-refractivity contribution in [2.24, 2.45) is 10.9 Å². The molecule has 4 aliphatic heterocycles. The number of amidine groups is 1. The lowest BCUT2D eigenvalue weighted by atomic mass is 9.88. The first-order valence-corrected chi connectivity index (χ1v) is 15.2. The van der Waals surface area contributed by atoms with Crippen LogP contribution in [0.1, 0.15) is 38.7 Å². The maximum absolute atomic E-state index is 15.1. The summed E-state index contributed by atoms with van der Waals surface area (Å²) in [4.78, 5) is 26.3. The van der Waals surface area contributed by atoms with Crippen LogP contribution in [-0.4, -0.2) is 91.1 Å². The van der Waals surface area contributed by atoms with Gasteiger partial charge >= 0.3 is 0 Å². The second kappa shape index (κ2) is 11.5. The molecule has 10 heteroatoms. The molecule has 0 bridgehead atoms. The molecular weight excluding hydrogens is 560 g/mol. The number of amides is 1. The summed E-state index contributed by atoms with van der Waals surface area (Å²) in [5.41, 5.74) is 2.33. The van der Waals surface area contributed by atoms with Crippen molar-refractivity contribution in [3.8, 4) is 16.9 Å². The zero-order valence-corrected chi connectivity index (χ0v) is 25.2. The molecular formula is C32H38ClF2N5O2. The van der Waals surface area contributed by atoms with Gasteiger partial charge in [0, 0.05) is 47.9 Å². The van der Waals surface area contributed by atoms with Crippen LogP contribution in [-0.2, 0) is 4.79 Å². The third-order valence-corrected chi connectivity index (χ3v) is 9.63. The van der Waals surface area contributed by atoms with Gasteiger partial charge in [-0.05, 0) is 83.4 Å². The fraction of sp³-hybridized carbons (Fsp3) is 0.500. The maximum atomic E-state index is 15.1. The van der Waals surface area contributed by atoms with E-state index >= 15 is 4.39 Å². The molecule has 0 spiro atoms.